The van der Waals surface area contributed by atoms with E-state index in [1.54, 1.807) is 12.2 Å². The predicted molar refractivity (Wildman–Crippen MR) is 115 cm³/mol. The molecule has 0 aromatic heterocycles. The summed E-state index contributed by atoms with van der Waals surface area (Å²) in [4.78, 5) is 11.0. The van der Waals surface area contributed by atoms with Crippen LogP contribution in [0.2, 0.25) is 0 Å². The third-order valence-electron chi connectivity index (χ3n) is 5.36. The molecule has 0 bridgehead atoms. The van der Waals surface area contributed by atoms with Crippen LogP contribution in [-0.4, -0.2) is 53.3 Å². The molecular formula is C24H29F3O6. The van der Waals surface area contributed by atoms with E-state index < -0.39 is 41.9 Å². The second kappa shape index (κ2) is 12.6. The Morgan fingerprint density at radius 1 is 1.21 bits per heavy atom. The summed E-state index contributed by atoms with van der Waals surface area (Å²) in [5.41, 5.74) is -0.843. The SMILES string of the molecule is COC(=O)/C=C/C/C=C/CC1C(O)CC(O)C1/C=C/C(O)COc1cccc(C(F)(F)F)c1. The van der Waals surface area contributed by atoms with Gasteiger partial charge in [0.2, 0.25) is 0 Å². The molecule has 2 rings (SSSR count). The zero-order valence-corrected chi connectivity index (χ0v) is 18.2. The highest BCUT2D eigenvalue weighted by Crippen LogP contribution is 2.36. The van der Waals surface area contributed by atoms with Crippen LogP contribution >= 0.6 is 0 Å². The number of halogens is 3. The second-order valence-electron chi connectivity index (χ2n) is 7.77. The molecule has 1 aromatic rings. The Bertz CT molecular complexity index is 849. The number of allylic oxidation sites excluding steroid dienone is 3. The van der Waals surface area contributed by atoms with Crippen LogP contribution in [0.15, 0.2) is 60.7 Å². The first-order chi connectivity index (χ1) is 15.6. The summed E-state index contributed by atoms with van der Waals surface area (Å²) >= 11 is 0. The van der Waals surface area contributed by atoms with Gasteiger partial charge in [-0.15, -0.1) is 0 Å². The standard InChI is InChI=1S/C24H29F3O6/c1-32-23(31)10-5-3-2-4-9-19-20(22(30)14-21(19)29)12-11-17(28)15-33-18-8-6-7-16(13-18)24(25,26)27/h2,4-8,10-13,17,19-22,28-30H,3,9,14-15H2,1H3/b4-2+,10-5+,12-11+. The van der Waals surface area contributed by atoms with Gasteiger partial charge >= 0.3 is 12.1 Å². The highest BCUT2D eigenvalue weighted by Gasteiger charge is 2.39. The van der Waals surface area contributed by atoms with Crippen molar-refractivity contribution in [3.8, 4) is 5.75 Å². The van der Waals surface area contributed by atoms with E-state index in [1.165, 1.54) is 31.4 Å². The van der Waals surface area contributed by atoms with Gasteiger partial charge in [0, 0.05) is 18.4 Å². The molecule has 1 fully saturated rings. The van der Waals surface area contributed by atoms with E-state index >= 15 is 0 Å². The van der Waals surface area contributed by atoms with Crippen LogP contribution in [0.3, 0.4) is 0 Å². The number of rotatable bonds is 10. The molecule has 9 heteroatoms. The Morgan fingerprint density at radius 3 is 2.67 bits per heavy atom. The average Bonchev–Trinajstić information content (AvgIpc) is 3.04. The molecule has 0 amide bonds. The quantitative estimate of drug-likeness (QED) is 0.276. The molecule has 0 aliphatic heterocycles. The zero-order chi connectivity index (χ0) is 24.4. The van der Waals surface area contributed by atoms with Gasteiger partial charge in [-0.1, -0.05) is 36.4 Å². The van der Waals surface area contributed by atoms with Gasteiger partial charge in [-0.3, -0.25) is 0 Å². The van der Waals surface area contributed by atoms with Gasteiger partial charge in [0.05, 0.1) is 24.9 Å². The number of methoxy groups -OCH3 is 1. The van der Waals surface area contributed by atoms with Crippen molar-refractivity contribution >= 4 is 5.97 Å². The van der Waals surface area contributed by atoms with Gasteiger partial charge in [-0.2, -0.15) is 13.2 Å². The van der Waals surface area contributed by atoms with Gasteiger partial charge in [0.15, 0.2) is 0 Å². The van der Waals surface area contributed by atoms with Crippen LogP contribution in [0.25, 0.3) is 0 Å². The predicted octanol–water partition coefficient (Wildman–Crippen LogP) is 3.42. The van der Waals surface area contributed by atoms with Gasteiger partial charge in [-0.25, -0.2) is 4.79 Å². The van der Waals surface area contributed by atoms with Crippen molar-refractivity contribution in [2.45, 2.75) is 43.8 Å². The highest BCUT2D eigenvalue weighted by molar-refractivity contribution is 5.81. The lowest BCUT2D eigenvalue weighted by Gasteiger charge is -2.19. The number of alkyl halides is 3. The fourth-order valence-electron chi connectivity index (χ4n) is 3.62. The van der Waals surface area contributed by atoms with Crippen molar-refractivity contribution in [2.75, 3.05) is 13.7 Å². The van der Waals surface area contributed by atoms with Gasteiger partial charge in [0.1, 0.15) is 18.5 Å². The Balaban J connectivity index is 1.89. The number of aliphatic hydroxyl groups excluding tert-OH is 3. The van der Waals surface area contributed by atoms with Crippen LogP contribution in [0.4, 0.5) is 13.2 Å². The molecule has 182 valence electrons. The molecule has 1 aromatic carbocycles. The Hall–Kier alpha value is -2.62. The molecule has 1 aliphatic carbocycles. The molecule has 0 heterocycles. The van der Waals surface area contributed by atoms with Gasteiger partial charge in [0.25, 0.3) is 0 Å². The Kier molecular flexibility index (Phi) is 10.1. The Labute approximate surface area is 190 Å². The summed E-state index contributed by atoms with van der Waals surface area (Å²) in [7, 11) is 1.29. The molecule has 0 spiro atoms. The highest BCUT2D eigenvalue weighted by atomic mass is 19.4. The largest absolute Gasteiger partial charge is 0.491 e. The lowest BCUT2D eigenvalue weighted by molar-refractivity contribution is -0.137. The molecule has 5 atom stereocenters. The van der Waals surface area contributed by atoms with Crippen molar-refractivity contribution < 1.29 is 42.8 Å². The number of esters is 1. The minimum atomic E-state index is -4.49. The molecule has 0 saturated heterocycles. The number of carbonyl (C=O) groups is 1. The normalized spacial score (nSPS) is 24.7. The van der Waals surface area contributed by atoms with E-state index in [-0.39, 0.29) is 24.7 Å². The summed E-state index contributed by atoms with van der Waals surface area (Å²) < 4.78 is 48.1. The maximum atomic E-state index is 12.8. The van der Waals surface area contributed by atoms with E-state index in [9.17, 15) is 33.3 Å². The van der Waals surface area contributed by atoms with E-state index in [1.807, 2.05) is 12.2 Å². The van der Waals surface area contributed by atoms with Gasteiger partial charge < -0.3 is 24.8 Å². The van der Waals surface area contributed by atoms with E-state index in [4.69, 9.17) is 4.74 Å². The molecule has 0 radical (unpaired) electrons. The number of ether oxygens (including phenoxy) is 2. The van der Waals surface area contributed by atoms with Crippen molar-refractivity contribution in [3.05, 3.63) is 66.3 Å². The van der Waals surface area contributed by atoms with Gasteiger partial charge in [-0.05, 0) is 37.0 Å². The number of benzene rings is 1. The van der Waals surface area contributed by atoms with Crippen LogP contribution < -0.4 is 4.74 Å². The fraction of sp³-hybridized carbons (Fsp3) is 0.458. The van der Waals surface area contributed by atoms with E-state index in [2.05, 4.69) is 4.74 Å². The summed E-state index contributed by atoms with van der Waals surface area (Å²) in [5, 5.41) is 30.7. The smallest absolute Gasteiger partial charge is 0.416 e. The molecule has 33 heavy (non-hydrogen) atoms. The molecular weight excluding hydrogens is 441 g/mol. The monoisotopic (exact) mass is 470 g/mol. The minimum Gasteiger partial charge on any atom is -0.491 e. The number of aliphatic hydroxyl groups is 3. The van der Waals surface area contributed by atoms with Crippen molar-refractivity contribution in [1.82, 2.24) is 0 Å². The third-order valence-corrected chi connectivity index (χ3v) is 5.36. The topological polar surface area (TPSA) is 96.2 Å². The van der Waals surface area contributed by atoms with Crippen LogP contribution in [0, 0.1) is 11.8 Å². The molecule has 1 saturated carbocycles. The Morgan fingerprint density at radius 2 is 1.97 bits per heavy atom. The fourth-order valence-corrected chi connectivity index (χ4v) is 3.62. The number of hydrogen-bond donors (Lipinski definition) is 3. The first-order valence-electron chi connectivity index (χ1n) is 10.5. The van der Waals surface area contributed by atoms with Crippen LogP contribution in [0.5, 0.6) is 5.75 Å². The van der Waals surface area contributed by atoms with Crippen molar-refractivity contribution in [3.63, 3.8) is 0 Å². The first-order valence-corrected chi connectivity index (χ1v) is 10.5. The summed E-state index contributed by atoms with van der Waals surface area (Å²) in [6, 6.07) is 4.38. The molecule has 3 N–H and O–H groups in total. The minimum absolute atomic E-state index is 0.0159. The third kappa shape index (κ3) is 8.68. The van der Waals surface area contributed by atoms with Crippen molar-refractivity contribution in [2.24, 2.45) is 11.8 Å². The summed E-state index contributed by atoms with van der Waals surface area (Å²) in [6.07, 6.45) is 3.74. The molecule has 5 unspecified atom stereocenters. The number of carbonyl (C=O) groups excluding carboxylic acids is 1. The van der Waals surface area contributed by atoms with E-state index in [0.29, 0.717) is 12.8 Å². The maximum absolute atomic E-state index is 12.8. The summed E-state index contributed by atoms with van der Waals surface area (Å²) in [6.45, 7) is -0.264. The maximum Gasteiger partial charge on any atom is 0.416 e. The molecule has 6 nitrogen and oxygen atoms in total. The average molecular weight is 470 g/mol. The number of hydrogen-bond acceptors (Lipinski definition) is 6. The van der Waals surface area contributed by atoms with Crippen LogP contribution in [-0.2, 0) is 15.7 Å². The van der Waals surface area contributed by atoms with E-state index in [0.717, 1.165) is 12.1 Å². The lowest BCUT2D eigenvalue weighted by Crippen LogP contribution is -2.21. The van der Waals surface area contributed by atoms with Crippen molar-refractivity contribution in [1.29, 1.82) is 0 Å². The first kappa shape index (κ1) is 26.6. The lowest BCUT2D eigenvalue weighted by atomic mass is 9.89. The second-order valence-corrected chi connectivity index (χ2v) is 7.77. The molecule has 1 aliphatic rings. The summed E-state index contributed by atoms with van der Waals surface area (Å²) in [5.74, 6) is -1.14. The van der Waals surface area contributed by atoms with Crippen LogP contribution in [0.1, 0.15) is 24.8 Å². The zero-order valence-electron chi connectivity index (χ0n) is 18.2.